The van der Waals surface area contributed by atoms with E-state index in [9.17, 15) is 25.0 Å². The van der Waals surface area contributed by atoms with Crippen molar-refractivity contribution in [3.05, 3.63) is 73.7 Å². The molecule has 162 valence electrons. The number of esters is 1. The molecule has 31 heavy (non-hydrogen) atoms. The first-order valence-corrected chi connectivity index (χ1v) is 9.51. The van der Waals surface area contributed by atoms with Crippen molar-refractivity contribution in [1.82, 2.24) is 4.57 Å². The molecule has 0 bridgehead atoms. The molecule has 1 aromatic heterocycles. The third-order valence-electron chi connectivity index (χ3n) is 5.00. The van der Waals surface area contributed by atoms with E-state index in [0.717, 1.165) is 0 Å². The highest BCUT2D eigenvalue weighted by molar-refractivity contribution is 5.66. The fraction of sp³-hybridized carbons (Fsp3) is 0.381. The first-order chi connectivity index (χ1) is 14.6. The van der Waals surface area contributed by atoms with Gasteiger partial charge in [-0.3, -0.25) is 9.59 Å². The summed E-state index contributed by atoms with van der Waals surface area (Å²) in [6, 6.07) is 9.19. The van der Waals surface area contributed by atoms with E-state index in [1.54, 1.807) is 38.1 Å². The summed E-state index contributed by atoms with van der Waals surface area (Å²) in [5, 5.41) is 18.7. The highest BCUT2D eigenvalue weighted by atomic mass is 16.9. The summed E-state index contributed by atoms with van der Waals surface area (Å²) >= 11 is 0. The van der Waals surface area contributed by atoms with Crippen molar-refractivity contribution >= 4 is 5.97 Å². The molecule has 10 nitrogen and oxygen atoms in total. The molecule has 0 amide bonds. The van der Waals surface area contributed by atoms with Gasteiger partial charge in [-0.05, 0) is 50.1 Å². The van der Waals surface area contributed by atoms with Gasteiger partial charge in [-0.2, -0.15) is 5.26 Å². The molecule has 2 unspecified atom stereocenters. The average Bonchev–Trinajstić information content (AvgIpc) is 2.68. The fourth-order valence-corrected chi connectivity index (χ4v) is 3.66. The van der Waals surface area contributed by atoms with Crippen LogP contribution in [0.15, 0.2) is 41.3 Å². The largest absolute Gasteiger partial charge is 0.484 e. The van der Waals surface area contributed by atoms with Crippen molar-refractivity contribution in [3.63, 3.8) is 0 Å². The van der Waals surface area contributed by atoms with E-state index in [2.05, 4.69) is 10.9 Å². The predicted molar refractivity (Wildman–Crippen MR) is 107 cm³/mol. The van der Waals surface area contributed by atoms with E-state index < -0.39 is 34.4 Å². The fourth-order valence-electron chi connectivity index (χ4n) is 3.66. The van der Waals surface area contributed by atoms with E-state index in [1.807, 2.05) is 0 Å². The van der Waals surface area contributed by atoms with E-state index in [0.29, 0.717) is 22.4 Å². The number of ether oxygens (including phenoxy) is 2. The van der Waals surface area contributed by atoms with E-state index in [1.165, 1.54) is 23.8 Å². The summed E-state index contributed by atoms with van der Waals surface area (Å²) < 4.78 is 13.0. The second-order valence-corrected chi connectivity index (χ2v) is 7.63. The topological polar surface area (TPSA) is 134 Å². The Morgan fingerprint density at radius 2 is 2.10 bits per heavy atom. The molecule has 10 heteroatoms. The molecule has 0 radical (unpaired) electrons. The Balaban J connectivity index is 2.09. The second-order valence-electron chi connectivity index (χ2n) is 7.63. The van der Waals surface area contributed by atoms with E-state index in [-0.39, 0.29) is 13.0 Å². The molecular weight excluding hydrogens is 406 g/mol. The van der Waals surface area contributed by atoms with Gasteiger partial charge in [-0.1, -0.05) is 0 Å². The quantitative estimate of drug-likeness (QED) is 0.389. The van der Waals surface area contributed by atoms with E-state index >= 15 is 0 Å². The summed E-state index contributed by atoms with van der Waals surface area (Å²) in [6.07, 6.45) is 0.862. The number of hydrogen-bond acceptors (Lipinski definition) is 8. The van der Waals surface area contributed by atoms with Crippen molar-refractivity contribution in [1.29, 1.82) is 5.26 Å². The minimum atomic E-state index is -0.963. The molecule has 3 rings (SSSR count). The number of nitrogens with zero attached hydrogens (tertiary/aromatic N) is 3. The van der Waals surface area contributed by atoms with Gasteiger partial charge in [0.05, 0.1) is 11.6 Å². The molecule has 2 aromatic rings. The zero-order valence-electron chi connectivity index (χ0n) is 17.2. The summed E-state index contributed by atoms with van der Waals surface area (Å²) in [4.78, 5) is 39.4. The Labute approximate surface area is 177 Å². The Kier molecular flexibility index (Phi) is 5.97. The van der Waals surface area contributed by atoms with Gasteiger partial charge in [0.15, 0.2) is 6.10 Å². The van der Waals surface area contributed by atoms with Crippen LogP contribution < -0.4 is 10.3 Å². The van der Waals surface area contributed by atoms with Crippen LogP contribution in [0.1, 0.15) is 43.5 Å². The molecule has 0 aliphatic carbocycles. The zero-order valence-corrected chi connectivity index (χ0v) is 17.2. The number of rotatable bonds is 6. The summed E-state index contributed by atoms with van der Waals surface area (Å²) in [6.45, 7) is 4.60. The monoisotopic (exact) mass is 427 g/mol. The van der Waals surface area contributed by atoms with Crippen LogP contribution in [0.2, 0.25) is 0 Å². The Morgan fingerprint density at radius 3 is 2.71 bits per heavy atom. The molecule has 1 aliphatic rings. The average molecular weight is 427 g/mol. The highest BCUT2D eigenvalue weighted by Crippen LogP contribution is 2.43. The lowest BCUT2D eigenvalue weighted by molar-refractivity contribution is -0.757. The highest BCUT2D eigenvalue weighted by Gasteiger charge is 2.47. The number of fused-ring (bicyclic) bond motifs is 1. The smallest absolute Gasteiger partial charge is 0.303 e. The molecular formula is C21H21N3O7. The molecule has 0 N–H and O–H groups in total. The SMILES string of the molecule is CC(=O)OC1C(n2ccc(CCO[N+](=O)[O-])cc2=O)c2cc(C#N)ccc2OC1(C)C. The molecule has 0 spiro atoms. The molecule has 2 atom stereocenters. The lowest BCUT2D eigenvalue weighted by Gasteiger charge is -2.44. The zero-order chi connectivity index (χ0) is 22.8. The number of carbonyl (C=O) groups is 1. The number of benzene rings is 1. The molecule has 0 saturated carbocycles. The van der Waals surface area contributed by atoms with Gasteiger partial charge < -0.3 is 18.9 Å². The Hall–Kier alpha value is -3.87. The molecule has 1 aliphatic heterocycles. The third kappa shape index (κ3) is 4.66. The summed E-state index contributed by atoms with van der Waals surface area (Å²) in [7, 11) is 0. The normalized spacial score (nSPS) is 18.8. The van der Waals surface area contributed by atoms with Crippen molar-refractivity contribution in [3.8, 4) is 11.8 Å². The number of nitriles is 1. The predicted octanol–water partition coefficient (Wildman–Crippen LogP) is 2.16. The van der Waals surface area contributed by atoms with Crippen molar-refractivity contribution in [2.45, 2.75) is 44.9 Å². The van der Waals surface area contributed by atoms with Crippen LogP contribution in [0, 0.1) is 21.4 Å². The lowest BCUT2D eigenvalue weighted by atomic mass is 9.85. The lowest BCUT2D eigenvalue weighted by Crippen LogP contribution is -2.54. The molecule has 1 aromatic carbocycles. The van der Waals surface area contributed by atoms with Gasteiger partial charge in [-0.15, -0.1) is 10.1 Å². The maximum atomic E-state index is 13.0. The maximum absolute atomic E-state index is 13.0. The van der Waals surface area contributed by atoms with Crippen LogP contribution in [-0.2, 0) is 20.8 Å². The maximum Gasteiger partial charge on any atom is 0.303 e. The Morgan fingerprint density at radius 1 is 1.35 bits per heavy atom. The number of carbonyl (C=O) groups excluding carboxylic acids is 1. The van der Waals surface area contributed by atoms with Crippen molar-refractivity contribution < 1.29 is 24.2 Å². The third-order valence-corrected chi connectivity index (χ3v) is 5.00. The van der Waals surface area contributed by atoms with Crippen LogP contribution in [0.5, 0.6) is 5.75 Å². The number of aromatic nitrogens is 1. The minimum Gasteiger partial charge on any atom is -0.484 e. The van der Waals surface area contributed by atoms with Gasteiger partial charge in [0.25, 0.3) is 10.6 Å². The first-order valence-electron chi connectivity index (χ1n) is 9.51. The number of pyridine rings is 1. The van der Waals surface area contributed by atoms with Crippen LogP contribution in [-0.4, -0.2) is 33.9 Å². The van der Waals surface area contributed by atoms with Crippen LogP contribution in [0.4, 0.5) is 0 Å². The van der Waals surface area contributed by atoms with E-state index in [4.69, 9.17) is 9.47 Å². The molecule has 0 fully saturated rings. The molecule has 2 heterocycles. The first kappa shape index (κ1) is 21.8. The van der Waals surface area contributed by atoms with Gasteiger partial charge in [0.1, 0.15) is 24.0 Å². The van der Waals surface area contributed by atoms with Crippen molar-refractivity contribution in [2.24, 2.45) is 0 Å². The second kappa shape index (κ2) is 8.47. The standard InChI is InChI=1S/C21H21N3O7/c1-13(25)30-20-19(16-10-15(12-22)4-5-17(16)31-21(20,2)3)23-8-6-14(11-18(23)26)7-9-29-24(27)28/h4-6,8,10-11,19-20H,7,9H2,1-3H3. The van der Waals surface area contributed by atoms with Crippen molar-refractivity contribution in [2.75, 3.05) is 6.61 Å². The Bertz CT molecular complexity index is 1120. The van der Waals surface area contributed by atoms with Gasteiger partial charge in [0, 0.05) is 24.8 Å². The summed E-state index contributed by atoms with van der Waals surface area (Å²) in [5.41, 5.74) is 0.109. The van der Waals surface area contributed by atoms with Gasteiger partial charge in [0.2, 0.25) is 0 Å². The van der Waals surface area contributed by atoms with Crippen LogP contribution >= 0.6 is 0 Å². The summed E-state index contributed by atoms with van der Waals surface area (Å²) in [5.74, 6) is -0.0547. The molecule has 0 saturated heterocycles. The van der Waals surface area contributed by atoms with Crippen LogP contribution in [0.25, 0.3) is 0 Å². The number of hydrogen-bond donors (Lipinski definition) is 0. The van der Waals surface area contributed by atoms with Crippen LogP contribution in [0.3, 0.4) is 0 Å². The van der Waals surface area contributed by atoms with Gasteiger partial charge in [-0.25, -0.2) is 0 Å². The van der Waals surface area contributed by atoms with Gasteiger partial charge >= 0.3 is 5.97 Å². The minimum absolute atomic E-state index is 0.175.